The Labute approximate surface area is 104 Å². The van der Waals surface area contributed by atoms with Gasteiger partial charge in [-0.1, -0.05) is 36.5 Å². The topological polar surface area (TPSA) is 40.5 Å². The molecule has 0 fully saturated rings. The smallest absolute Gasteiger partial charge is 0.263 e. The summed E-state index contributed by atoms with van der Waals surface area (Å²) in [7, 11) is 0. The Morgan fingerprint density at radius 3 is 2.82 bits per heavy atom. The molecule has 0 saturated heterocycles. The van der Waals surface area contributed by atoms with Gasteiger partial charge in [0.25, 0.3) is 5.91 Å². The van der Waals surface area contributed by atoms with Gasteiger partial charge < -0.3 is 5.11 Å². The monoisotopic (exact) mass is 247 g/mol. The van der Waals surface area contributed by atoms with E-state index in [2.05, 4.69) is 6.58 Å². The van der Waals surface area contributed by atoms with Gasteiger partial charge in [0, 0.05) is 11.1 Å². The summed E-state index contributed by atoms with van der Waals surface area (Å²) in [5, 5.41) is 10.1. The third-order valence-electron chi connectivity index (χ3n) is 2.58. The van der Waals surface area contributed by atoms with E-state index in [1.807, 2.05) is 18.2 Å². The van der Waals surface area contributed by atoms with Crippen LogP contribution in [0.4, 0.5) is 0 Å². The number of aliphatic hydroxyl groups excluding tert-OH is 1. The number of hydrogen-bond donors (Lipinski definition) is 1. The average Bonchev–Trinajstić information content (AvgIpc) is 2.44. The number of aliphatic hydroxyl groups is 1. The van der Waals surface area contributed by atoms with E-state index in [0.717, 1.165) is 4.90 Å². The maximum atomic E-state index is 12.3. The summed E-state index contributed by atoms with van der Waals surface area (Å²) in [6, 6.07) is 7.25. The first-order valence-electron chi connectivity index (χ1n) is 5.25. The van der Waals surface area contributed by atoms with Crippen LogP contribution in [0.5, 0.6) is 0 Å². The van der Waals surface area contributed by atoms with Crippen molar-refractivity contribution >= 4 is 17.7 Å². The van der Waals surface area contributed by atoms with Crippen molar-refractivity contribution in [1.82, 2.24) is 4.90 Å². The van der Waals surface area contributed by atoms with Gasteiger partial charge in [0.1, 0.15) is 5.44 Å². The predicted molar refractivity (Wildman–Crippen MR) is 68.4 cm³/mol. The molecule has 1 N–H and O–H groups in total. The molecule has 2 rings (SSSR count). The molecule has 1 aromatic rings. The highest BCUT2D eigenvalue weighted by molar-refractivity contribution is 8.00. The largest absolute Gasteiger partial charge is 0.376 e. The first-order valence-corrected chi connectivity index (χ1v) is 6.13. The molecule has 1 amide bonds. The number of allylic oxidation sites excluding steroid dienone is 1. The van der Waals surface area contributed by atoms with Crippen molar-refractivity contribution in [1.29, 1.82) is 0 Å². The van der Waals surface area contributed by atoms with E-state index in [-0.39, 0.29) is 5.91 Å². The minimum Gasteiger partial charge on any atom is -0.376 e. The zero-order chi connectivity index (χ0) is 12.4. The van der Waals surface area contributed by atoms with Crippen LogP contribution >= 0.6 is 11.8 Å². The maximum absolute atomic E-state index is 12.3. The zero-order valence-corrected chi connectivity index (χ0v) is 10.3. The Hall–Kier alpha value is -1.52. The number of nitrogens with zero attached hydrogens (tertiary/aromatic N) is 1. The average molecular weight is 247 g/mol. The van der Waals surface area contributed by atoms with E-state index in [1.165, 1.54) is 22.9 Å². The second-order valence-electron chi connectivity index (χ2n) is 3.54. The van der Waals surface area contributed by atoms with E-state index < -0.39 is 5.44 Å². The Balaban J connectivity index is 2.58. The van der Waals surface area contributed by atoms with Crippen LogP contribution in [0.1, 0.15) is 17.3 Å². The standard InChI is InChI=1S/C13H13NO2S/c1-3-10-13(16)17-11-8-6-5-7-9(11)12(15)14(10)4-2/h3-8,13,16H,2H2,1H3/b10-3-. The molecule has 17 heavy (non-hydrogen) atoms. The van der Waals surface area contributed by atoms with Crippen LogP contribution in [-0.2, 0) is 0 Å². The van der Waals surface area contributed by atoms with Crippen molar-refractivity contribution in [2.24, 2.45) is 0 Å². The molecule has 0 bridgehead atoms. The van der Waals surface area contributed by atoms with Gasteiger partial charge in [0.05, 0.1) is 11.3 Å². The van der Waals surface area contributed by atoms with Crippen LogP contribution in [0.25, 0.3) is 0 Å². The lowest BCUT2D eigenvalue weighted by atomic mass is 10.2. The van der Waals surface area contributed by atoms with Crippen molar-refractivity contribution in [3.05, 3.63) is 54.4 Å². The molecule has 1 aromatic carbocycles. The molecule has 1 atom stereocenters. The number of rotatable bonds is 1. The van der Waals surface area contributed by atoms with E-state index in [1.54, 1.807) is 19.1 Å². The molecule has 1 unspecified atom stereocenters. The molecule has 0 saturated carbocycles. The highest BCUT2D eigenvalue weighted by Gasteiger charge is 2.29. The lowest BCUT2D eigenvalue weighted by Gasteiger charge is -2.21. The van der Waals surface area contributed by atoms with Gasteiger partial charge in [-0.2, -0.15) is 0 Å². The maximum Gasteiger partial charge on any atom is 0.263 e. The number of amides is 1. The summed E-state index contributed by atoms with van der Waals surface area (Å²) in [6.45, 7) is 5.42. The molecule has 0 spiro atoms. The Bertz CT molecular complexity index is 496. The second-order valence-corrected chi connectivity index (χ2v) is 4.66. The van der Waals surface area contributed by atoms with Crippen molar-refractivity contribution in [2.45, 2.75) is 17.3 Å². The molecule has 0 radical (unpaired) electrons. The van der Waals surface area contributed by atoms with Crippen molar-refractivity contribution in [2.75, 3.05) is 0 Å². The van der Waals surface area contributed by atoms with E-state index in [9.17, 15) is 9.90 Å². The number of carbonyl (C=O) groups is 1. The van der Waals surface area contributed by atoms with Crippen LogP contribution in [0.3, 0.4) is 0 Å². The molecule has 1 aliphatic heterocycles. The SMILES string of the molecule is C=CN1C(=O)c2ccccc2SC(O)/C1=C/C. The van der Waals surface area contributed by atoms with E-state index in [0.29, 0.717) is 11.3 Å². The molecular weight excluding hydrogens is 234 g/mol. The third-order valence-corrected chi connectivity index (χ3v) is 3.66. The normalized spacial score (nSPS) is 22.2. The highest BCUT2D eigenvalue weighted by Crippen LogP contribution is 2.35. The fraction of sp³-hybridized carbons (Fsp3) is 0.154. The van der Waals surface area contributed by atoms with E-state index >= 15 is 0 Å². The number of hydrogen-bond acceptors (Lipinski definition) is 3. The zero-order valence-electron chi connectivity index (χ0n) is 9.46. The van der Waals surface area contributed by atoms with E-state index in [4.69, 9.17) is 0 Å². The summed E-state index contributed by atoms with van der Waals surface area (Å²) in [5.74, 6) is -0.159. The Kier molecular flexibility index (Phi) is 3.36. The molecule has 0 aromatic heterocycles. The van der Waals surface area contributed by atoms with Gasteiger partial charge >= 0.3 is 0 Å². The van der Waals surface area contributed by atoms with Crippen molar-refractivity contribution in [3.63, 3.8) is 0 Å². The molecule has 4 heteroatoms. The summed E-state index contributed by atoms with van der Waals surface area (Å²) < 4.78 is 0. The summed E-state index contributed by atoms with van der Waals surface area (Å²) in [4.78, 5) is 14.5. The third kappa shape index (κ3) is 2.01. The van der Waals surface area contributed by atoms with Crippen molar-refractivity contribution in [3.8, 4) is 0 Å². The lowest BCUT2D eigenvalue weighted by molar-refractivity contribution is 0.0837. The number of carbonyl (C=O) groups excluding carboxylic acids is 1. The highest BCUT2D eigenvalue weighted by atomic mass is 32.2. The fourth-order valence-corrected chi connectivity index (χ4v) is 2.81. The lowest BCUT2D eigenvalue weighted by Crippen LogP contribution is -2.27. The predicted octanol–water partition coefficient (Wildman–Crippen LogP) is 2.60. The van der Waals surface area contributed by atoms with Crippen molar-refractivity contribution < 1.29 is 9.90 Å². The fourth-order valence-electron chi connectivity index (χ4n) is 1.76. The quantitative estimate of drug-likeness (QED) is 0.829. The Morgan fingerprint density at radius 1 is 1.47 bits per heavy atom. The second kappa shape index (κ2) is 4.77. The first kappa shape index (κ1) is 12.0. The minimum atomic E-state index is -0.759. The number of fused-ring (bicyclic) bond motifs is 1. The van der Waals surface area contributed by atoms with Gasteiger partial charge in [-0.25, -0.2) is 0 Å². The van der Waals surface area contributed by atoms with Gasteiger partial charge in [0.2, 0.25) is 0 Å². The van der Waals surface area contributed by atoms with Gasteiger partial charge in [-0.05, 0) is 19.1 Å². The van der Waals surface area contributed by atoms with Crippen LogP contribution < -0.4 is 0 Å². The Morgan fingerprint density at radius 2 is 2.18 bits per heavy atom. The molecular formula is C13H13NO2S. The van der Waals surface area contributed by atoms with Crippen LogP contribution in [0.2, 0.25) is 0 Å². The van der Waals surface area contributed by atoms with Crippen LogP contribution in [-0.4, -0.2) is 21.3 Å². The molecule has 88 valence electrons. The van der Waals surface area contributed by atoms with Crippen LogP contribution in [0.15, 0.2) is 53.7 Å². The molecule has 1 aliphatic rings. The van der Waals surface area contributed by atoms with Gasteiger partial charge in [-0.3, -0.25) is 9.69 Å². The summed E-state index contributed by atoms with van der Waals surface area (Å²) in [5.41, 5.74) is 0.380. The molecule has 1 heterocycles. The first-order chi connectivity index (χ1) is 8.19. The number of thioether (sulfide) groups is 1. The van der Waals surface area contributed by atoms with Crippen LogP contribution in [0, 0.1) is 0 Å². The molecule has 0 aliphatic carbocycles. The minimum absolute atomic E-state index is 0.159. The number of benzene rings is 1. The summed E-state index contributed by atoms with van der Waals surface area (Å²) >= 11 is 1.27. The van der Waals surface area contributed by atoms with Gasteiger partial charge in [0.15, 0.2) is 0 Å². The summed E-state index contributed by atoms with van der Waals surface area (Å²) in [6.07, 6.45) is 3.16. The van der Waals surface area contributed by atoms with Gasteiger partial charge in [-0.15, -0.1) is 0 Å². The molecule has 3 nitrogen and oxygen atoms in total.